The molecule has 0 saturated carbocycles. The molecule has 8 heteroatoms. The largest absolute Gasteiger partial charge is 0.393 e. The van der Waals surface area contributed by atoms with Crippen LogP contribution in [0.2, 0.25) is 0 Å². The predicted octanol–water partition coefficient (Wildman–Crippen LogP) is -0.567. The van der Waals surface area contributed by atoms with Crippen LogP contribution in [-0.4, -0.2) is 36.1 Å². The number of imidazole rings is 1. The SMILES string of the molecule is C[C@H](O)CSc1nc2c(c(=O)[nH]c(=O)n2C)n1C. The Morgan fingerprint density at radius 3 is 2.67 bits per heavy atom. The van der Waals surface area contributed by atoms with Crippen molar-refractivity contribution in [1.29, 1.82) is 0 Å². The van der Waals surface area contributed by atoms with E-state index in [4.69, 9.17) is 0 Å². The van der Waals surface area contributed by atoms with Crippen molar-refractivity contribution in [2.75, 3.05) is 5.75 Å². The van der Waals surface area contributed by atoms with Crippen molar-refractivity contribution in [2.24, 2.45) is 14.1 Å². The Hall–Kier alpha value is -1.54. The molecular weight excluding hydrogens is 256 g/mol. The zero-order valence-corrected chi connectivity index (χ0v) is 11.1. The Bertz CT molecular complexity index is 697. The summed E-state index contributed by atoms with van der Waals surface area (Å²) < 4.78 is 2.92. The van der Waals surface area contributed by atoms with Gasteiger partial charge in [-0.1, -0.05) is 11.8 Å². The number of aryl methyl sites for hydroxylation is 2. The van der Waals surface area contributed by atoms with Gasteiger partial charge in [0.1, 0.15) is 0 Å². The van der Waals surface area contributed by atoms with Gasteiger partial charge in [-0.15, -0.1) is 0 Å². The lowest BCUT2D eigenvalue weighted by atomic mass is 10.5. The Labute approximate surface area is 106 Å². The van der Waals surface area contributed by atoms with E-state index in [2.05, 4.69) is 9.97 Å². The second kappa shape index (κ2) is 4.62. The van der Waals surface area contributed by atoms with E-state index in [1.165, 1.54) is 16.3 Å². The number of aliphatic hydroxyl groups is 1. The molecular formula is C10H14N4O3S. The summed E-state index contributed by atoms with van der Waals surface area (Å²) in [6.07, 6.45) is -0.461. The van der Waals surface area contributed by atoms with Crippen LogP contribution in [0.5, 0.6) is 0 Å². The van der Waals surface area contributed by atoms with Gasteiger partial charge in [0, 0.05) is 19.8 Å². The molecule has 18 heavy (non-hydrogen) atoms. The van der Waals surface area contributed by atoms with E-state index in [9.17, 15) is 14.7 Å². The van der Waals surface area contributed by atoms with Crippen LogP contribution >= 0.6 is 11.8 Å². The number of aromatic nitrogens is 4. The van der Waals surface area contributed by atoms with E-state index in [-0.39, 0.29) is 0 Å². The van der Waals surface area contributed by atoms with Gasteiger partial charge in [-0.2, -0.15) is 0 Å². The van der Waals surface area contributed by atoms with Gasteiger partial charge in [0.25, 0.3) is 5.56 Å². The molecule has 0 radical (unpaired) electrons. The smallest absolute Gasteiger partial charge is 0.329 e. The molecule has 0 spiro atoms. The molecule has 2 aromatic heterocycles. The lowest BCUT2D eigenvalue weighted by molar-refractivity contribution is 0.220. The van der Waals surface area contributed by atoms with Crippen molar-refractivity contribution in [1.82, 2.24) is 19.1 Å². The fraction of sp³-hybridized carbons (Fsp3) is 0.500. The first kappa shape index (κ1) is 12.9. The minimum Gasteiger partial charge on any atom is -0.393 e. The number of aliphatic hydroxyl groups excluding tert-OH is 1. The summed E-state index contributed by atoms with van der Waals surface area (Å²) in [5.41, 5.74) is -0.241. The van der Waals surface area contributed by atoms with E-state index in [1.807, 2.05) is 0 Å². The highest BCUT2D eigenvalue weighted by Gasteiger charge is 2.15. The fourth-order valence-electron chi connectivity index (χ4n) is 1.61. The minimum absolute atomic E-state index is 0.347. The van der Waals surface area contributed by atoms with Crippen LogP contribution < -0.4 is 11.2 Å². The van der Waals surface area contributed by atoms with E-state index in [1.54, 1.807) is 25.6 Å². The Morgan fingerprint density at radius 1 is 1.39 bits per heavy atom. The first-order valence-corrected chi connectivity index (χ1v) is 6.37. The number of rotatable bonds is 3. The molecule has 1 atom stereocenters. The van der Waals surface area contributed by atoms with E-state index in [0.29, 0.717) is 22.1 Å². The standard InChI is InChI=1S/C10H14N4O3S/c1-5(15)4-18-10-11-7-6(13(10)2)8(16)12-9(17)14(7)3/h5,15H,4H2,1-3H3,(H,12,16,17)/t5-/m0/s1. The fourth-order valence-corrected chi connectivity index (χ4v) is 2.44. The summed E-state index contributed by atoms with van der Waals surface area (Å²) in [7, 11) is 3.26. The number of hydrogen-bond acceptors (Lipinski definition) is 5. The third kappa shape index (κ3) is 2.08. The second-order valence-corrected chi connectivity index (χ2v) is 5.09. The molecule has 98 valence electrons. The number of nitrogens with one attached hydrogen (secondary N) is 1. The van der Waals surface area contributed by atoms with Crippen molar-refractivity contribution in [3.63, 3.8) is 0 Å². The maximum Gasteiger partial charge on any atom is 0.329 e. The highest BCUT2D eigenvalue weighted by molar-refractivity contribution is 7.99. The Morgan fingerprint density at radius 2 is 2.06 bits per heavy atom. The molecule has 0 saturated heterocycles. The van der Waals surface area contributed by atoms with Crippen LogP contribution in [0.3, 0.4) is 0 Å². The number of hydrogen-bond donors (Lipinski definition) is 2. The van der Waals surface area contributed by atoms with Gasteiger partial charge >= 0.3 is 5.69 Å². The van der Waals surface area contributed by atoms with Crippen LogP contribution in [0, 0.1) is 0 Å². The minimum atomic E-state index is -0.488. The van der Waals surface area contributed by atoms with E-state index in [0.717, 1.165) is 0 Å². The molecule has 2 N–H and O–H groups in total. The summed E-state index contributed by atoms with van der Waals surface area (Å²) in [4.78, 5) is 29.7. The van der Waals surface area contributed by atoms with Crippen LogP contribution in [0.4, 0.5) is 0 Å². The molecule has 0 aliphatic heterocycles. The van der Waals surface area contributed by atoms with Crippen LogP contribution in [-0.2, 0) is 14.1 Å². The van der Waals surface area contributed by atoms with Gasteiger partial charge < -0.3 is 9.67 Å². The van der Waals surface area contributed by atoms with E-state index >= 15 is 0 Å². The lowest BCUT2D eigenvalue weighted by Crippen LogP contribution is -2.29. The number of nitrogens with zero attached hydrogens (tertiary/aromatic N) is 3. The molecule has 0 bridgehead atoms. The number of thioether (sulfide) groups is 1. The van der Waals surface area contributed by atoms with Gasteiger partial charge in [0.2, 0.25) is 0 Å². The molecule has 0 amide bonds. The zero-order chi connectivity index (χ0) is 13.4. The van der Waals surface area contributed by atoms with Crippen molar-refractivity contribution in [2.45, 2.75) is 18.2 Å². The molecule has 2 rings (SSSR count). The topological polar surface area (TPSA) is 92.9 Å². The van der Waals surface area contributed by atoms with Crippen molar-refractivity contribution in [3.8, 4) is 0 Å². The molecule has 2 aromatic rings. The summed E-state index contributed by atoms with van der Waals surface area (Å²) >= 11 is 1.34. The third-order valence-corrected chi connectivity index (χ3v) is 3.82. The van der Waals surface area contributed by atoms with Gasteiger partial charge in [-0.05, 0) is 6.92 Å². The maximum atomic E-state index is 11.7. The van der Waals surface area contributed by atoms with Crippen LogP contribution in [0.25, 0.3) is 11.2 Å². The molecule has 0 aliphatic rings. The first-order chi connectivity index (χ1) is 8.41. The monoisotopic (exact) mass is 270 g/mol. The average molecular weight is 270 g/mol. The van der Waals surface area contributed by atoms with Gasteiger partial charge in [0.15, 0.2) is 16.3 Å². The van der Waals surface area contributed by atoms with Crippen molar-refractivity contribution >= 4 is 22.9 Å². The molecule has 0 unspecified atom stereocenters. The predicted molar refractivity (Wildman–Crippen MR) is 69.0 cm³/mol. The lowest BCUT2D eigenvalue weighted by Gasteiger charge is -2.03. The van der Waals surface area contributed by atoms with Gasteiger partial charge in [0.05, 0.1) is 6.10 Å². The highest BCUT2D eigenvalue weighted by atomic mass is 32.2. The molecule has 2 heterocycles. The highest BCUT2D eigenvalue weighted by Crippen LogP contribution is 2.20. The number of H-pyrrole nitrogens is 1. The summed E-state index contributed by atoms with van der Waals surface area (Å²) in [6.45, 7) is 1.68. The zero-order valence-electron chi connectivity index (χ0n) is 10.3. The summed E-state index contributed by atoms with van der Waals surface area (Å²) in [5, 5.41) is 9.85. The van der Waals surface area contributed by atoms with Crippen molar-refractivity contribution in [3.05, 3.63) is 20.8 Å². The third-order valence-electron chi connectivity index (χ3n) is 2.55. The molecule has 7 nitrogen and oxygen atoms in total. The first-order valence-electron chi connectivity index (χ1n) is 5.38. The van der Waals surface area contributed by atoms with Crippen LogP contribution in [0.15, 0.2) is 14.7 Å². The van der Waals surface area contributed by atoms with Crippen molar-refractivity contribution < 1.29 is 5.11 Å². The normalized spacial score (nSPS) is 13.1. The van der Waals surface area contributed by atoms with E-state index < -0.39 is 17.4 Å². The Balaban J connectivity index is 2.63. The molecule has 0 aliphatic carbocycles. The number of aromatic amines is 1. The number of fused-ring (bicyclic) bond motifs is 1. The van der Waals surface area contributed by atoms with Gasteiger partial charge in [-0.25, -0.2) is 9.78 Å². The summed E-state index contributed by atoms with van der Waals surface area (Å²) in [5.74, 6) is 0.475. The molecule has 0 aromatic carbocycles. The average Bonchev–Trinajstić information content (AvgIpc) is 2.61. The maximum absolute atomic E-state index is 11.7. The van der Waals surface area contributed by atoms with Crippen LogP contribution in [0.1, 0.15) is 6.92 Å². The molecule has 0 fully saturated rings. The Kier molecular flexibility index (Phi) is 3.31. The van der Waals surface area contributed by atoms with Gasteiger partial charge in [-0.3, -0.25) is 14.3 Å². The quantitative estimate of drug-likeness (QED) is 0.729. The summed E-state index contributed by atoms with van der Waals surface area (Å²) in [6, 6.07) is 0. The second-order valence-electron chi connectivity index (χ2n) is 4.10.